The number of para-hydroxylation sites is 2. The lowest BCUT2D eigenvalue weighted by Gasteiger charge is -2.30. The Morgan fingerprint density at radius 2 is 0.947 bits per heavy atom. The molecule has 0 aliphatic rings. The first kappa shape index (κ1) is 32.3. The molecule has 9 aromatic carbocycles. The summed E-state index contributed by atoms with van der Waals surface area (Å²) in [5.41, 5.74) is 8.14. The summed E-state index contributed by atoms with van der Waals surface area (Å²) < 4.78 is 12.1. The van der Waals surface area contributed by atoms with Gasteiger partial charge in [-0.05, 0) is 77.5 Å². The molecular weight excluding hydrogens is 733 g/mol. The summed E-state index contributed by atoms with van der Waals surface area (Å²) in [7, 11) is 0. The molecule has 0 saturated carbocycles. The van der Waals surface area contributed by atoms with Gasteiger partial charge in [0.25, 0.3) is 0 Å². The van der Waals surface area contributed by atoms with Gasteiger partial charge in [0, 0.05) is 64.2 Å². The quantitative estimate of drug-likeness (QED) is 0.168. The van der Waals surface area contributed by atoms with Gasteiger partial charge in [-0.1, -0.05) is 121 Å². The summed E-state index contributed by atoms with van der Waals surface area (Å²) in [6.07, 6.45) is 0. The molecule has 0 fully saturated rings. The van der Waals surface area contributed by atoms with E-state index in [2.05, 4.69) is 204 Å². The first-order valence-electron chi connectivity index (χ1n) is 19.2. The molecule has 0 aliphatic carbocycles. The molecule has 0 spiro atoms. The monoisotopic (exact) mass is 764 g/mol. The molecule has 0 N–H and O–H groups in total. The molecule has 0 atom stereocenters. The number of thiophene rings is 2. The second-order valence-corrected chi connectivity index (χ2v) is 16.6. The van der Waals surface area contributed by atoms with Crippen LogP contribution in [0.25, 0.3) is 73.1 Å². The van der Waals surface area contributed by atoms with Gasteiger partial charge < -0.3 is 14.2 Å². The molecular formula is C52H32N2OS2. The number of anilines is 6. The summed E-state index contributed by atoms with van der Waals surface area (Å²) in [4.78, 5) is 4.83. The largest absolute Gasteiger partial charge is 0.456 e. The van der Waals surface area contributed by atoms with Crippen LogP contribution in [0.4, 0.5) is 34.1 Å². The van der Waals surface area contributed by atoms with Gasteiger partial charge in [-0.3, -0.25) is 0 Å². The van der Waals surface area contributed by atoms with E-state index in [1.165, 1.54) is 51.1 Å². The van der Waals surface area contributed by atoms with E-state index in [9.17, 15) is 0 Å². The number of benzene rings is 9. The van der Waals surface area contributed by atoms with E-state index in [0.717, 1.165) is 56.1 Å². The third-order valence-corrected chi connectivity index (χ3v) is 13.5. The Kier molecular flexibility index (Phi) is 7.27. The van der Waals surface area contributed by atoms with Crippen LogP contribution >= 0.6 is 22.7 Å². The summed E-state index contributed by atoms with van der Waals surface area (Å²) >= 11 is 3.69. The second-order valence-electron chi connectivity index (χ2n) is 14.5. The van der Waals surface area contributed by atoms with Crippen LogP contribution in [0.2, 0.25) is 0 Å². The summed E-state index contributed by atoms with van der Waals surface area (Å²) in [6, 6.07) is 70.1. The van der Waals surface area contributed by atoms with Crippen molar-refractivity contribution < 1.29 is 4.42 Å². The maximum absolute atomic E-state index is 6.98. The Labute approximate surface area is 336 Å². The Morgan fingerprint density at radius 3 is 1.72 bits per heavy atom. The zero-order valence-electron chi connectivity index (χ0n) is 30.6. The van der Waals surface area contributed by atoms with E-state index in [1.54, 1.807) is 0 Å². The zero-order valence-corrected chi connectivity index (χ0v) is 32.2. The minimum absolute atomic E-state index is 0.835. The topological polar surface area (TPSA) is 19.6 Å². The number of furan rings is 1. The van der Waals surface area contributed by atoms with Crippen molar-refractivity contribution in [2.75, 3.05) is 9.80 Å². The molecule has 3 nitrogen and oxygen atoms in total. The molecule has 12 rings (SSSR count). The Balaban J connectivity index is 1.20. The second kappa shape index (κ2) is 12.8. The van der Waals surface area contributed by atoms with Crippen LogP contribution in [0.15, 0.2) is 199 Å². The average Bonchev–Trinajstić information content (AvgIpc) is 3.96. The van der Waals surface area contributed by atoms with Gasteiger partial charge in [0.05, 0.1) is 27.1 Å². The predicted octanol–water partition coefficient (Wildman–Crippen LogP) is 16.4. The SMILES string of the molecule is c1ccc(N(c2cc(N(c3ccccc3)c3ccc4c(c3)sc3ccccc34)c3c(c2)oc2ccc4ccccc4c23)c2cccc3c2sc2ccccc23)cc1. The van der Waals surface area contributed by atoms with Crippen LogP contribution in [0.5, 0.6) is 0 Å². The smallest absolute Gasteiger partial charge is 0.139 e. The van der Waals surface area contributed by atoms with Crippen molar-refractivity contribution >= 4 is 130 Å². The highest BCUT2D eigenvalue weighted by atomic mass is 32.1. The number of fused-ring (bicyclic) bond motifs is 11. The van der Waals surface area contributed by atoms with Crippen molar-refractivity contribution in [1.29, 1.82) is 0 Å². The minimum Gasteiger partial charge on any atom is -0.456 e. The third-order valence-electron chi connectivity index (χ3n) is 11.2. The predicted molar refractivity (Wildman–Crippen MR) is 246 cm³/mol. The van der Waals surface area contributed by atoms with Crippen molar-refractivity contribution in [2.45, 2.75) is 0 Å². The number of nitrogens with zero attached hydrogens (tertiary/aromatic N) is 2. The number of rotatable bonds is 6. The fourth-order valence-corrected chi connectivity index (χ4v) is 11.1. The van der Waals surface area contributed by atoms with Gasteiger partial charge in [-0.2, -0.15) is 0 Å². The molecule has 0 radical (unpaired) electrons. The molecule has 268 valence electrons. The highest BCUT2D eigenvalue weighted by Crippen LogP contribution is 2.51. The minimum atomic E-state index is 0.835. The molecule has 3 heterocycles. The lowest BCUT2D eigenvalue weighted by atomic mass is 10.0. The van der Waals surface area contributed by atoms with Crippen LogP contribution in [-0.4, -0.2) is 0 Å². The average molecular weight is 765 g/mol. The fourth-order valence-electron chi connectivity index (χ4n) is 8.71. The van der Waals surface area contributed by atoms with Crippen molar-refractivity contribution in [3.8, 4) is 0 Å². The van der Waals surface area contributed by atoms with Gasteiger partial charge in [0.1, 0.15) is 11.2 Å². The molecule has 0 bridgehead atoms. The molecule has 0 unspecified atom stereocenters. The van der Waals surface area contributed by atoms with Crippen LogP contribution in [0, 0.1) is 0 Å². The van der Waals surface area contributed by atoms with E-state index < -0.39 is 0 Å². The van der Waals surface area contributed by atoms with Crippen molar-refractivity contribution in [3.05, 3.63) is 194 Å². The highest BCUT2D eigenvalue weighted by Gasteiger charge is 2.26. The first-order valence-corrected chi connectivity index (χ1v) is 20.8. The molecule has 3 aromatic heterocycles. The molecule has 5 heteroatoms. The van der Waals surface area contributed by atoms with Gasteiger partial charge >= 0.3 is 0 Å². The van der Waals surface area contributed by atoms with Gasteiger partial charge in [-0.15, -0.1) is 22.7 Å². The van der Waals surface area contributed by atoms with E-state index in [-0.39, 0.29) is 0 Å². The van der Waals surface area contributed by atoms with Crippen molar-refractivity contribution in [2.24, 2.45) is 0 Å². The Hall–Kier alpha value is -6.92. The lowest BCUT2D eigenvalue weighted by Crippen LogP contribution is -2.13. The molecule has 12 aromatic rings. The van der Waals surface area contributed by atoms with Crippen LogP contribution in [0.1, 0.15) is 0 Å². The van der Waals surface area contributed by atoms with E-state index >= 15 is 0 Å². The van der Waals surface area contributed by atoms with Crippen LogP contribution in [-0.2, 0) is 0 Å². The van der Waals surface area contributed by atoms with E-state index in [1.807, 2.05) is 22.7 Å². The Bertz CT molecular complexity index is 3490. The van der Waals surface area contributed by atoms with Gasteiger partial charge in [0.15, 0.2) is 0 Å². The Morgan fingerprint density at radius 1 is 0.333 bits per heavy atom. The summed E-state index contributed by atoms with van der Waals surface area (Å²) in [5, 5.41) is 9.66. The first-order chi connectivity index (χ1) is 28.3. The summed E-state index contributed by atoms with van der Waals surface area (Å²) in [5.74, 6) is 0. The van der Waals surface area contributed by atoms with Crippen molar-refractivity contribution in [3.63, 3.8) is 0 Å². The van der Waals surface area contributed by atoms with Gasteiger partial charge in [-0.25, -0.2) is 0 Å². The van der Waals surface area contributed by atoms with Gasteiger partial charge in [0.2, 0.25) is 0 Å². The van der Waals surface area contributed by atoms with Crippen LogP contribution in [0.3, 0.4) is 0 Å². The maximum atomic E-state index is 6.98. The van der Waals surface area contributed by atoms with Crippen LogP contribution < -0.4 is 9.80 Å². The molecule has 57 heavy (non-hydrogen) atoms. The third kappa shape index (κ3) is 5.10. The molecule has 0 amide bonds. The maximum Gasteiger partial charge on any atom is 0.139 e. The number of hydrogen-bond donors (Lipinski definition) is 0. The molecule has 0 aliphatic heterocycles. The fraction of sp³-hybridized carbons (Fsp3) is 0. The molecule has 0 saturated heterocycles. The van der Waals surface area contributed by atoms with E-state index in [0.29, 0.717) is 0 Å². The normalized spacial score (nSPS) is 11.9. The summed E-state index contributed by atoms with van der Waals surface area (Å²) in [6.45, 7) is 0. The standard InChI is InChI=1S/C52H32N2OS2/c1-3-15-34(16-4-1)53(36-27-28-41-39-20-9-11-24-47(39)56-49(41)32-36)44-30-37(31-46-51(44)50-38-19-8-7-14-33(38)26-29-45(50)55-46)54(35-17-5-2-6-18-35)43-23-13-22-42-40-21-10-12-25-48(40)57-52(42)43/h1-32H. The number of hydrogen-bond acceptors (Lipinski definition) is 5. The highest BCUT2D eigenvalue weighted by molar-refractivity contribution is 7.26. The van der Waals surface area contributed by atoms with E-state index in [4.69, 9.17) is 4.42 Å². The zero-order chi connectivity index (χ0) is 37.5. The van der Waals surface area contributed by atoms with Crippen molar-refractivity contribution in [1.82, 2.24) is 0 Å². The lowest BCUT2D eigenvalue weighted by molar-refractivity contribution is 0.669.